The van der Waals surface area contributed by atoms with Gasteiger partial charge in [-0.1, -0.05) is 11.6 Å². The Bertz CT molecular complexity index is 1070. The van der Waals surface area contributed by atoms with Crippen LogP contribution in [-0.2, 0) is 20.5 Å². The van der Waals surface area contributed by atoms with Gasteiger partial charge in [-0.15, -0.1) is 11.6 Å². The van der Waals surface area contributed by atoms with Crippen LogP contribution < -0.4 is 4.74 Å². The van der Waals surface area contributed by atoms with Crippen molar-refractivity contribution >= 4 is 46.4 Å². The van der Waals surface area contributed by atoms with E-state index in [0.29, 0.717) is 12.1 Å². The molecule has 0 heterocycles. The van der Waals surface area contributed by atoms with Crippen LogP contribution in [0.2, 0.25) is 5.02 Å². The highest BCUT2D eigenvalue weighted by Gasteiger charge is 2.31. The van der Waals surface area contributed by atoms with Crippen LogP contribution in [0.25, 0.3) is 0 Å². The van der Waals surface area contributed by atoms with Crippen LogP contribution in [0, 0.1) is 10.1 Å². The first-order valence-electron chi connectivity index (χ1n) is 8.56. The third-order valence-electron chi connectivity index (χ3n) is 3.81. The van der Waals surface area contributed by atoms with Gasteiger partial charge in [0, 0.05) is 6.07 Å². The number of benzene rings is 2. The highest BCUT2D eigenvalue weighted by molar-refractivity contribution is 6.38. The molecule has 2 aromatic rings. The Morgan fingerprint density at radius 3 is 2.34 bits per heavy atom. The largest absolute Gasteiger partial charge is 0.459 e. The predicted molar refractivity (Wildman–Crippen MR) is 105 cm³/mol. The first-order chi connectivity index (χ1) is 14.9. The summed E-state index contributed by atoms with van der Waals surface area (Å²) in [7, 11) is 0. The number of ketones is 2. The number of carbonyl (C=O) groups is 3. The maximum atomic E-state index is 12.8. The lowest BCUT2D eigenvalue weighted by Crippen LogP contribution is -2.22. The van der Waals surface area contributed by atoms with E-state index in [-0.39, 0.29) is 24.0 Å². The third-order valence-corrected chi connectivity index (χ3v) is 4.26. The first kappa shape index (κ1) is 25.1. The number of carbonyl (C=O) groups excluding carboxylic acids is 3. The molecule has 0 aromatic heterocycles. The molecule has 2 rings (SSSR count). The highest BCUT2D eigenvalue weighted by atomic mass is 35.5. The van der Waals surface area contributed by atoms with Crippen molar-refractivity contribution in [1.82, 2.24) is 0 Å². The molecule has 0 radical (unpaired) electrons. The zero-order valence-electron chi connectivity index (χ0n) is 15.8. The van der Waals surface area contributed by atoms with Gasteiger partial charge in [0.25, 0.3) is 5.69 Å². The van der Waals surface area contributed by atoms with E-state index in [0.717, 1.165) is 24.3 Å². The number of Topliss-reactive ketones (excluding diaryl/α,β-unsaturated/α-hetero) is 2. The standard InChI is InChI=1S/C19H12Cl2F3NO7/c20-5-6-31-18(28)16(27)9-15(26)12-8-11(2-3-14(12)25(29)30)32-17-4-1-10(7-13(17)21)19(22,23)24/h1-4,7-8H,5-6,9H2. The quantitative estimate of drug-likeness (QED) is 0.0919. The summed E-state index contributed by atoms with van der Waals surface area (Å²) < 4.78 is 48.1. The molecule has 0 N–H and O–H groups in total. The Hall–Kier alpha value is -3.18. The fourth-order valence-electron chi connectivity index (χ4n) is 2.37. The molecule has 2 aromatic carbocycles. The fraction of sp³-hybridized carbons (Fsp3) is 0.211. The summed E-state index contributed by atoms with van der Waals surface area (Å²) in [5.74, 6) is -4.12. The van der Waals surface area contributed by atoms with Crippen molar-refractivity contribution in [2.45, 2.75) is 12.6 Å². The van der Waals surface area contributed by atoms with Gasteiger partial charge in [0.2, 0.25) is 5.78 Å². The second-order valence-corrected chi connectivity index (χ2v) is 6.81. The molecule has 32 heavy (non-hydrogen) atoms. The molecule has 0 aliphatic heterocycles. The van der Waals surface area contributed by atoms with E-state index in [4.69, 9.17) is 27.9 Å². The molecule has 0 aliphatic carbocycles. The lowest BCUT2D eigenvalue weighted by molar-refractivity contribution is -0.385. The lowest BCUT2D eigenvalue weighted by atomic mass is 10.0. The van der Waals surface area contributed by atoms with Crippen LogP contribution in [0.1, 0.15) is 22.3 Å². The van der Waals surface area contributed by atoms with E-state index in [1.54, 1.807) is 0 Å². The number of ether oxygens (including phenoxy) is 2. The molecule has 170 valence electrons. The van der Waals surface area contributed by atoms with Gasteiger partial charge in [0.15, 0.2) is 5.78 Å². The summed E-state index contributed by atoms with van der Waals surface area (Å²) >= 11 is 11.1. The van der Waals surface area contributed by atoms with Gasteiger partial charge in [-0.05, 0) is 30.3 Å². The third kappa shape index (κ3) is 6.41. The smallest absolute Gasteiger partial charge is 0.416 e. The number of alkyl halides is 4. The average molecular weight is 494 g/mol. The molecule has 0 spiro atoms. The number of esters is 1. The highest BCUT2D eigenvalue weighted by Crippen LogP contribution is 2.37. The number of nitro groups is 1. The predicted octanol–water partition coefficient (Wildman–Crippen LogP) is 4.98. The zero-order chi connectivity index (χ0) is 24.1. The van der Waals surface area contributed by atoms with Gasteiger partial charge < -0.3 is 9.47 Å². The van der Waals surface area contributed by atoms with E-state index < -0.39 is 56.9 Å². The molecule has 0 fully saturated rings. The number of halogens is 5. The van der Waals surface area contributed by atoms with E-state index in [2.05, 4.69) is 4.74 Å². The van der Waals surface area contributed by atoms with Crippen molar-refractivity contribution in [3.8, 4) is 11.5 Å². The first-order valence-corrected chi connectivity index (χ1v) is 9.47. The summed E-state index contributed by atoms with van der Waals surface area (Å²) in [6.07, 6.45) is -5.65. The summed E-state index contributed by atoms with van der Waals surface area (Å²) in [6.45, 7) is -0.266. The number of hydrogen-bond acceptors (Lipinski definition) is 7. The normalized spacial score (nSPS) is 11.0. The molecule has 0 saturated heterocycles. The molecule has 0 atom stereocenters. The van der Waals surface area contributed by atoms with Gasteiger partial charge in [0.05, 0.1) is 33.4 Å². The molecule has 0 bridgehead atoms. The number of nitrogens with zero attached hydrogens (tertiary/aromatic N) is 1. The Labute approximate surface area is 188 Å². The van der Waals surface area contributed by atoms with Crippen LogP contribution in [0.3, 0.4) is 0 Å². The van der Waals surface area contributed by atoms with Gasteiger partial charge in [-0.2, -0.15) is 13.2 Å². The lowest BCUT2D eigenvalue weighted by Gasteiger charge is -2.12. The molecule has 0 amide bonds. The average Bonchev–Trinajstić information content (AvgIpc) is 2.72. The van der Waals surface area contributed by atoms with Crippen LogP contribution >= 0.6 is 23.2 Å². The van der Waals surface area contributed by atoms with Crippen LogP contribution in [-0.4, -0.2) is 34.9 Å². The molecule has 0 unspecified atom stereocenters. The maximum Gasteiger partial charge on any atom is 0.416 e. The Balaban J connectivity index is 2.30. The van der Waals surface area contributed by atoms with Gasteiger partial charge >= 0.3 is 12.1 Å². The Kier molecular flexibility index (Phi) is 8.17. The zero-order valence-corrected chi connectivity index (χ0v) is 17.3. The molecule has 13 heteroatoms. The van der Waals surface area contributed by atoms with E-state index >= 15 is 0 Å². The van der Waals surface area contributed by atoms with Crippen LogP contribution in [0.5, 0.6) is 11.5 Å². The van der Waals surface area contributed by atoms with E-state index in [1.165, 1.54) is 0 Å². The molecule has 0 saturated carbocycles. The molecular weight excluding hydrogens is 482 g/mol. The minimum atomic E-state index is -4.63. The van der Waals surface area contributed by atoms with Crippen molar-refractivity contribution < 1.29 is 42.0 Å². The van der Waals surface area contributed by atoms with Crippen molar-refractivity contribution in [2.75, 3.05) is 12.5 Å². The summed E-state index contributed by atoms with van der Waals surface area (Å²) in [4.78, 5) is 46.1. The maximum absolute atomic E-state index is 12.8. The minimum absolute atomic E-state index is 0.0790. The van der Waals surface area contributed by atoms with Gasteiger partial charge in [-0.25, -0.2) is 4.79 Å². The molecule has 8 nitrogen and oxygen atoms in total. The Morgan fingerprint density at radius 2 is 1.78 bits per heavy atom. The van der Waals surface area contributed by atoms with Crippen LogP contribution in [0.4, 0.5) is 18.9 Å². The van der Waals surface area contributed by atoms with E-state index in [9.17, 15) is 37.7 Å². The SMILES string of the molecule is O=C(CC(=O)c1cc(Oc2ccc(C(F)(F)F)cc2Cl)ccc1[N+](=O)[O-])C(=O)OCCCl. The summed E-state index contributed by atoms with van der Waals surface area (Å²) in [6, 6.07) is 5.16. The van der Waals surface area contributed by atoms with Gasteiger partial charge in [-0.3, -0.25) is 19.7 Å². The molecule has 0 aliphatic rings. The monoisotopic (exact) mass is 493 g/mol. The summed E-state index contributed by atoms with van der Waals surface area (Å²) in [5, 5.41) is 10.8. The van der Waals surface area contributed by atoms with Crippen molar-refractivity contribution in [3.63, 3.8) is 0 Å². The van der Waals surface area contributed by atoms with E-state index in [1.807, 2.05) is 0 Å². The van der Waals surface area contributed by atoms with Crippen LogP contribution in [0.15, 0.2) is 36.4 Å². The second kappa shape index (κ2) is 10.4. The fourth-order valence-corrected chi connectivity index (χ4v) is 2.67. The second-order valence-electron chi connectivity index (χ2n) is 6.03. The number of nitro benzene ring substituents is 1. The minimum Gasteiger partial charge on any atom is -0.459 e. The van der Waals surface area contributed by atoms with Crippen molar-refractivity contribution in [1.29, 1.82) is 0 Å². The van der Waals surface area contributed by atoms with Crippen molar-refractivity contribution in [2.24, 2.45) is 0 Å². The topological polar surface area (TPSA) is 113 Å². The Morgan fingerprint density at radius 1 is 1.09 bits per heavy atom. The molecular formula is C19H12Cl2F3NO7. The van der Waals surface area contributed by atoms with Gasteiger partial charge in [0.1, 0.15) is 18.1 Å². The summed E-state index contributed by atoms with van der Waals surface area (Å²) in [5.41, 5.74) is -2.26. The number of rotatable bonds is 9. The number of hydrogen-bond donors (Lipinski definition) is 0. The van der Waals surface area contributed by atoms with Crippen molar-refractivity contribution in [3.05, 3.63) is 62.7 Å².